The molecule has 0 fully saturated rings. The van der Waals surface area contributed by atoms with Gasteiger partial charge in [-0.05, 0) is 6.08 Å². The first-order valence-electron chi connectivity index (χ1n) is 3.89. The third kappa shape index (κ3) is 3.50. The van der Waals surface area contributed by atoms with Crippen molar-refractivity contribution in [1.82, 2.24) is 0 Å². The van der Waals surface area contributed by atoms with Crippen molar-refractivity contribution in [3.8, 4) is 0 Å². The Morgan fingerprint density at radius 1 is 0.833 bits per heavy atom. The molecule has 0 aliphatic rings. The van der Waals surface area contributed by atoms with Crippen LogP contribution in [0.15, 0.2) is 12.2 Å². The van der Waals surface area contributed by atoms with Crippen LogP contribution < -0.4 is 0 Å². The normalized spacial score (nSPS) is 17.3. The van der Waals surface area contributed by atoms with Gasteiger partial charge in [0.05, 0.1) is 0 Å². The molecular weight excluding hydrogens is 290 g/mol. The Morgan fingerprint density at radius 2 is 1.22 bits per heavy atom. The zero-order valence-corrected chi connectivity index (χ0v) is 7.96. The predicted molar refractivity (Wildman–Crippen MR) is 37.2 cm³/mol. The average Bonchev–Trinajstić information content (AvgIpc) is 2.10. The van der Waals surface area contributed by atoms with Crippen LogP contribution in [-0.2, 0) is 0 Å². The van der Waals surface area contributed by atoms with Crippen LogP contribution in [0.2, 0.25) is 0 Å². The molecule has 0 aromatic carbocycles. The van der Waals surface area contributed by atoms with Gasteiger partial charge in [0.1, 0.15) is 0 Å². The topological polar surface area (TPSA) is 20.2 Å². The maximum atomic E-state index is 12.5. The molecule has 0 aromatic rings. The Morgan fingerprint density at radius 3 is 1.50 bits per heavy atom. The molecule has 0 bridgehead atoms. The SMILES string of the molecule is OC(F)(F)C(F)(F)C(F)(F)C(F)C=CC(F)(F)F. The van der Waals surface area contributed by atoms with E-state index in [1.54, 1.807) is 0 Å². The third-order valence-electron chi connectivity index (χ3n) is 1.60. The molecule has 11 heteroatoms. The van der Waals surface area contributed by atoms with E-state index in [1.165, 1.54) is 0 Å². The summed E-state index contributed by atoms with van der Waals surface area (Å²) < 4.78 is 120. The zero-order chi connectivity index (χ0) is 15.0. The highest BCUT2D eigenvalue weighted by atomic mass is 19.4. The van der Waals surface area contributed by atoms with Gasteiger partial charge in [-0.15, -0.1) is 0 Å². The van der Waals surface area contributed by atoms with Crippen LogP contribution in [0.3, 0.4) is 0 Å². The van der Waals surface area contributed by atoms with Crippen molar-refractivity contribution in [3.05, 3.63) is 12.2 Å². The fourth-order valence-electron chi connectivity index (χ4n) is 0.688. The Bertz CT molecular complexity index is 311. The predicted octanol–water partition coefficient (Wildman–Crippen LogP) is 3.30. The van der Waals surface area contributed by atoms with E-state index in [4.69, 9.17) is 5.11 Å². The Hall–Kier alpha value is -1.00. The van der Waals surface area contributed by atoms with Crippen molar-refractivity contribution < 1.29 is 49.0 Å². The number of aliphatic hydroxyl groups is 1. The second-order valence-corrected chi connectivity index (χ2v) is 3.04. The minimum absolute atomic E-state index is 1.06. The number of hydrogen-bond acceptors (Lipinski definition) is 1. The molecule has 0 saturated carbocycles. The van der Waals surface area contributed by atoms with Crippen molar-refractivity contribution in [2.45, 2.75) is 30.3 Å². The first kappa shape index (κ1) is 17.0. The average molecular weight is 294 g/mol. The van der Waals surface area contributed by atoms with E-state index in [2.05, 4.69) is 0 Å². The Labute approximate surface area is 92.7 Å². The van der Waals surface area contributed by atoms with E-state index in [0.29, 0.717) is 0 Å². The summed E-state index contributed by atoms with van der Waals surface area (Å²) in [7, 11) is 0. The smallest absolute Gasteiger partial charge is 0.331 e. The molecule has 1 unspecified atom stereocenters. The van der Waals surface area contributed by atoms with Crippen molar-refractivity contribution in [3.63, 3.8) is 0 Å². The maximum Gasteiger partial charge on any atom is 0.423 e. The molecule has 0 radical (unpaired) electrons. The molecule has 108 valence electrons. The van der Waals surface area contributed by atoms with Crippen LogP contribution in [0.1, 0.15) is 0 Å². The van der Waals surface area contributed by atoms with Gasteiger partial charge in [0.15, 0.2) is 6.17 Å². The molecule has 0 heterocycles. The lowest BCUT2D eigenvalue weighted by Crippen LogP contribution is -2.58. The Kier molecular flexibility index (Phi) is 4.34. The number of allylic oxidation sites excluding steroid dienone is 2. The summed E-state index contributed by atoms with van der Waals surface area (Å²) in [6.45, 7) is 0. The van der Waals surface area contributed by atoms with Gasteiger partial charge >= 0.3 is 24.1 Å². The highest BCUT2D eigenvalue weighted by molar-refractivity contribution is 5.06. The van der Waals surface area contributed by atoms with Crippen LogP contribution in [0, 0.1) is 0 Å². The molecule has 0 aromatic heterocycles. The number of rotatable bonds is 4. The highest BCUT2D eigenvalue weighted by Gasteiger charge is 2.74. The molecule has 0 spiro atoms. The van der Waals surface area contributed by atoms with Gasteiger partial charge in [-0.3, -0.25) is 0 Å². The van der Waals surface area contributed by atoms with E-state index in [1.807, 2.05) is 0 Å². The summed E-state index contributed by atoms with van der Waals surface area (Å²) in [5.74, 6) is -12.8. The van der Waals surface area contributed by atoms with Gasteiger partial charge in [-0.2, -0.15) is 39.5 Å². The van der Waals surface area contributed by atoms with E-state index in [0.717, 1.165) is 0 Å². The second-order valence-electron chi connectivity index (χ2n) is 3.04. The molecule has 0 saturated heterocycles. The molecule has 1 atom stereocenters. The van der Waals surface area contributed by atoms with Crippen molar-refractivity contribution in [2.75, 3.05) is 0 Å². The van der Waals surface area contributed by atoms with Gasteiger partial charge in [0.2, 0.25) is 0 Å². The molecule has 18 heavy (non-hydrogen) atoms. The van der Waals surface area contributed by atoms with Crippen LogP contribution in [-0.4, -0.2) is 35.4 Å². The largest absolute Gasteiger partial charge is 0.423 e. The van der Waals surface area contributed by atoms with Gasteiger partial charge < -0.3 is 5.11 Å². The maximum absolute atomic E-state index is 12.5. The lowest BCUT2D eigenvalue weighted by atomic mass is 10.1. The molecule has 0 aliphatic carbocycles. The standard InChI is InChI=1S/C7H4F10O/c8-3(1-2-4(9,10)11)5(12,13)6(14,15)7(16,17)18/h1-3,18H. The fraction of sp³-hybridized carbons (Fsp3) is 0.714. The molecule has 1 N–H and O–H groups in total. The van der Waals surface area contributed by atoms with Crippen molar-refractivity contribution >= 4 is 0 Å². The van der Waals surface area contributed by atoms with E-state index in [-0.39, 0.29) is 0 Å². The first-order valence-corrected chi connectivity index (χ1v) is 3.89. The first-order chi connectivity index (χ1) is 7.63. The highest BCUT2D eigenvalue weighted by Crippen LogP contribution is 2.47. The van der Waals surface area contributed by atoms with E-state index >= 15 is 0 Å². The summed E-state index contributed by atoms with van der Waals surface area (Å²) in [4.78, 5) is 0. The molecule has 1 nitrogen and oxygen atoms in total. The van der Waals surface area contributed by atoms with Crippen LogP contribution in [0.4, 0.5) is 43.9 Å². The van der Waals surface area contributed by atoms with Crippen LogP contribution >= 0.6 is 0 Å². The molecular formula is C7H4F10O. The number of hydrogen-bond donors (Lipinski definition) is 1. The Balaban J connectivity index is 5.22. The molecule has 0 rings (SSSR count). The monoisotopic (exact) mass is 294 g/mol. The van der Waals surface area contributed by atoms with Gasteiger partial charge in [0, 0.05) is 6.08 Å². The van der Waals surface area contributed by atoms with Gasteiger partial charge in [-0.1, -0.05) is 0 Å². The lowest BCUT2D eigenvalue weighted by molar-refractivity contribution is -0.390. The summed E-state index contributed by atoms with van der Waals surface area (Å²) in [6.07, 6.45) is -18.2. The summed E-state index contributed by atoms with van der Waals surface area (Å²) in [6, 6.07) is 0. The summed E-state index contributed by atoms with van der Waals surface area (Å²) >= 11 is 0. The zero-order valence-electron chi connectivity index (χ0n) is 7.96. The van der Waals surface area contributed by atoms with Crippen molar-refractivity contribution in [1.29, 1.82) is 0 Å². The molecule has 0 aliphatic heterocycles. The van der Waals surface area contributed by atoms with E-state index < -0.39 is 42.5 Å². The van der Waals surface area contributed by atoms with Crippen LogP contribution in [0.5, 0.6) is 0 Å². The molecule has 0 amide bonds. The lowest BCUT2D eigenvalue weighted by Gasteiger charge is -2.30. The fourth-order valence-corrected chi connectivity index (χ4v) is 0.688. The van der Waals surface area contributed by atoms with E-state index in [9.17, 15) is 43.9 Å². The summed E-state index contributed by atoms with van der Waals surface area (Å²) in [5.41, 5.74) is 0. The van der Waals surface area contributed by atoms with Crippen LogP contribution in [0.25, 0.3) is 0 Å². The summed E-state index contributed by atoms with van der Waals surface area (Å²) in [5, 5.41) is 7.48. The number of halogens is 10. The quantitative estimate of drug-likeness (QED) is 0.623. The second kappa shape index (κ2) is 4.59. The number of alkyl halides is 10. The van der Waals surface area contributed by atoms with Gasteiger partial charge in [-0.25, -0.2) is 4.39 Å². The minimum atomic E-state index is -6.57. The van der Waals surface area contributed by atoms with Gasteiger partial charge in [0.25, 0.3) is 0 Å². The minimum Gasteiger partial charge on any atom is -0.331 e. The third-order valence-corrected chi connectivity index (χ3v) is 1.60. The van der Waals surface area contributed by atoms with Crippen molar-refractivity contribution in [2.24, 2.45) is 0 Å².